The molecule has 36 heavy (non-hydrogen) atoms. The fourth-order valence-corrected chi connectivity index (χ4v) is 3.93. The number of nitrogens with one attached hydrogen (secondary N) is 3. The molecule has 0 fully saturated rings. The minimum atomic E-state index is -1.18. The zero-order valence-electron chi connectivity index (χ0n) is 20.5. The number of rotatable bonds is 14. The molecule has 2 aromatic carbocycles. The largest absolute Gasteiger partial charge is 0.480 e. The molecule has 9 nitrogen and oxygen atoms in total. The summed E-state index contributed by atoms with van der Waals surface area (Å²) >= 11 is 1.52. The van der Waals surface area contributed by atoms with Gasteiger partial charge >= 0.3 is 5.97 Å². The molecule has 2 rings (SSSR count). The second kappa shape index (κ2) is 14.9. The van der Waals surface area contributed by atoms with Gasteiger partial charge in [-0.15, -0.1) is 0 Å². The van der Waals surface area contributed by atoms with Gasteiger partial charge in [-0.2, -0.15) is 11.8 Å². The summed E-state index contributed by atoms with van der Waals surface area (Å²) in [6.45, 7) is 1.52. The minimum Gasteiger partial charge on any atom is -0.480 e. The molecule has 0 saturated carbocycles. The summed E-state index contributed by atoms with van der Waals surface area (Å²) in [7, 11) is 0. The van der Waals surface area contributed by atoms with Crippen molar-refractivity contribution < 1.29 is 24.3 Å². The van der Waals surface area contributed by atoms with Crippen molar-refractivity contribution in [2.45, 2.75) is 50.4 Å². The molecule has 10 heteroatoms. The molecular formula is C26H34N4O5S. The number of carboxylic acid groups (broad SMARTS) is 1. The van der Waals surface area contributed by atoms with E-state index in [9.17, 15) is 24.3 Å². The molecule has 0 heterocycles. The Morgan fingerprint density at radius 2 is 1.22 bits per heavy atom. The van der Waals surface area contributed by atoms with Gasteiger partial charge in [0.15, 0.2) is 0 Å². The first-order chi connectivity index (χ1) is 17.2. The van der Waals surface area contributed by atoms with E-state index in [-0.39, 0.29) is 12.8 Å². The first-order valence-electron chi connectivity index (χ1n) is 11.7. The molecule has 194 valence electrons. The third-order valence-electron chi connectivity index (χ3n) is 5.47. The summed E-state index contributed by atoms with van der Waals surface area (Å²) in [4.78, 5) is 50.5. The predicted octanol–water partition coefficient (Wildman–Crippen LogP) is 1.11. The van der Waals surface area contributed by atoms with Gasteiger partial charge < -0.3 is 26.8 Å². The Labute approximate surface area is 215 Å². The second-order valence-electron chi connectivity index (χ2n) is 8.47. The number of carboxylic acids is 1. The molecule has 0 saturated heterocycles. The molecule has 0 spiro atoms. The quantitative estimate of drug-likeness (QED) is 0.253. The van der Waals surface area contributed by atoms with Crippen molar-refractivity contribution in [3.63, 3.8) is 0 Å². The number of nitrogens with two attached hydrogens (primary N) is 1. The Hall–Kier alpha value is -3.37. The number of thioether (sulfide) groups is 1. The fourth-order valence-electron chi connectivity index (χ4n) is 3.46. The van der Waals surface area contributed by atoms with Crippen molar-refractivity contribution in [2.24, 2.45) is 5.73 Å². The van der Waals surface area contributed by atoms with Crippen LogP contribution in [0.4, 0.5) is 0 Å². The third kappa shape index (κ3) is 9.71. The van der Waals surface area contributed by atoms with Gasteiger partial charge in [0.05, 0.1) is 6.04 Å². The maximum absolute atomic E-state index is 13.3. The van der Waals surface area contributed by atoms with Crippen LogP contribution in [0.25, 0.3) is 0 Å². The Morgan fingerprint density at radius 1 is 0.778 bits per heavy atom. The van der Waals surface area contributed by atoms with Crippen LogP contribution in [-0.4, -0.2) is 65.0 Å². The molecule has 4 atom stereocenters. The van der Waals surface area contributed by atoms with Gasteiger partial charge in [-0.3, -0.25) is 14.4 Å². The maximum Gasteiger partial charge on any atom is 0.326 e. The van der Waals surface area contributed by atoms with E-state index in [0.29, 0.717) is 12.2 Å². The Balaban J connectivity index is 2.22. The Morgan fingerprint density at radius 3 is 1.69 bits per heavy atom. The zero-order valence-corrected chi connectivity index (χ0v) is 21.3. The molecule has 0 aliphatic carbocycles. The number of hydrogen-bond donors (Lipinski definition) is 5. The fraction of sp³-hybridized carbons (Fsp3) is 0.385. The SMILES string of the molecule is CSCCC(NC(=O)C(C)N)C(=O)NC(Cc1ccccc1)C(=O)NC(Cc1ccccc1)C(=O)O. The van der Waals surface area contributed by atoms with Crippen LogP contribution in [0.3, 0.4) is 0 Å². The summed E-state index contributed by atoms with van der Waals surface area (Å²) in [5, 5.41) is 17.6. The summed E-state index contributed by atoms with van der Waals surface area (Å²) < 4.78 is 0. The molecular weight excluding hydrogens is 480 g/mol. The second-order valence-corrected chi connectivity index (χ2v) is 9.46. The first kappa shape index (κ1) is 28.9. The van der Waals surface area contributed by atoms with Crippen LogP contribution in [0, 0.1) is 0 Å². The van der Waals surface area contributed by atoms with Crippen molar-refractivity contribution in [3.05, 3.63) is 71.8 Å². The third-order valence-corrected chi connectivity index (χ3v) is 6.11. The smallest absolute Gasteiger partial charge is 0.326 e. The Kier molecular flexibility index (Phi) is 11.9. The topological polar surface area (TPSA) is 151 Å². The standard InChI is InChI=1S/C26H34N4O5S/c1-17(27)23(31)28-20(13-14-36-2)24(32)29-21(15-18-9-5-3-6-10-18)25(33)30-22(26(34)35)16-19-11-7-4-8-12-19/h3-12,17,20-22H,13-16,27H2,1-2H3,(H,28,31)(H,29,32)(H,30,33)(H,34,35). The lowest BCUT2D eigenvalue weighted by Crippen LogP contribution is -2.57. The van der Waals surface area contributed by atoms with E-state index in [2.05, 4.69) is 16.0 Å². The van der Waals surface area contributed by atoms with Gasteiger partial charge in [0.25, 0.3) is 0 Å². The zero-order chi connectivity index (χ0) is 26.5. The molecule has 0 aromatic heterocycles. The lowest BCUT2D eigenvalue weighted by Gasteiger charge is -2.25. The number of hydrogen-bond acceptors (Lipinski definition) is 6. The average Bonchev–Trinajstić information content (AvgIpc) is 2.86. The predicted molar refractivity (Wildman–Crippen MR) is 140 cm³/mol. The molecule has 0 aliphatic heterocycles. The average molecular weight is 515 g/mol. The number of carbonyl (C=O) groups is 4. The lowest BCUT2D eigenvalue weighted by molar-refractivity contribution is -0.142. The van der Waals surface area contributed by atoms with Gasteiger partial charge in [-0.1, -0.05) is 60.7 Å². The summed E-state index contributed by atoms with van der Waals surface area (Å²) in [6, 6.07) is 14.1. The van der Waals surface area contributed by atoms with Crippen molar-refractivity contribution >= 4 is 35.5 Å². The molecule has 0 aliphatic rings. The molecule has 0 bridgehead atoms. The number of benzene rings is 2. The molecule has 0 radical (unpaired) electrons. The number of carbonyl (C=O) groups excluding carboxylic acids is 3. The highest BCUT2D eigenvalue weighted by Gasteiger charge is 2.30. The van der Waals surface area contributed by atoms with E-state index in [1.54, 1.807) is 24.3 Å². The molecule has 2 aromatic rings. The van der Waals surface area contributed by atoms with E-state index in [1.165, 1.54) is 18.7 Å². The van der Waals surface area contributed by atoms with E-state index < -0.39 is 47.9 Å². The van der Waals surface area contributed by atoms with Crippen LogP contribution in [0.2, 0.25) is 0 Å². The van der Waals surface area contributed by atoms with Crippen molar-refractivity contribution in [2.75, 3.05) is 12.0 Å². The highest BCUT2D eigenvalue weighted by molar-refractivity contribution is 7.98. The minimum absolute atomic E-state index is 0.0920. The first-order valence-corrected chi connectivity index (χ1v) is 13.1. The monoisotopic (exact) mass is 514 g/mol. The summed E-state index contributed by atoms with van der Waals surface area (Å²) in [5.41, 5.74) is 7.18. The van der Waals surface area contributed by atoms with Gasteiger partial charge in [0.2, 0.25) is 17.7 Å². The van der Waals surface area contributed by atoms with E-state index >= 15 is 0 Å². The van der Waals surface area contributed by atoms with Gasteiger partial charge in [-0.05, 0) is 36.5 Å². The summed E-state index contributed by atoms with van der Waals surface area (Å²) in [6.07, 6.45) is 2.46. The maximum atomic E-state index is 13.3. The van der Waals surface area contributed by atoms with E-state index in [4.69, 9.17) is 5.73 Å². The number of amides is 3. The van der Waals surface area contributed by atoms with Gasteiger partial charge in [0.1, 0.15) is 18.1 Å². The van der Waals surface area contributed by atoms with Gasteiger partial charge in [0, 0.05) is 12.8 Å². The highest BCUT2D eigenvalue weighted by Crippen LogP contribution is 2.08. The molecule has 3 amide bonds. The normalized spacial score (nSPS) is 14.1. The van der Waals surface area contributed by atoms with Crippen LogP contribution in [0.5, 0.6) is 0 Å². The van der Waals surface area contributed by atoms with Crippen LogP contribution in [0.15, 0.2) is 60.7 Å². The molecule has 6 N–H and O–H groups in total. The highest BCUT2D eigenvalue weighted by atomic mass is 32.2. The summed E-state index contributed by atoms with van der Waals surface area (Å²) in [5.74, 6) is -2.22. The van der Waals surface area contributed by atoms with Crippen LogP contribution in [-0.2, 0) is 32.0 Å². The van der Waals surface area contributed by atoms with Crippen LogP contribution >= 0.6 is 11.8 Å². The van der Waals surface area contributed by atoms with Crippen molar-refractivity contribution in [1.29, 1.82) is 0 Å². The van der Waals surface area contributed by atoms with Crippen molar-refractivity contribution in [3.8, 4) is 0 Å². The van der Waals surface area contributed by atoms with Crippen molar-refractivity contribution in [1.82, 2.24) is 16.0 Å². The Bertz CT molecular complexity index is 1000. The van der Waals surface area contributed by atoms with E-state index in [0.717, 1.165) is 11.1 Å². The number of aliphatic carboxylic acids is 1. The van der Waals surface area contributed by atoms with Crippen LogP contribution in [0.1, 0.15) is 24.5 Å². The van der Waals surface area contributed by atoms with Crippen LogP contribution < -0.4 is 21.7 Å². The van der Waals surface area contributed by atoms with E-state index in [1.807, 2.05) is 42.7 Å². The lowest BCUT2D eigenvalue weighted by atomic mass is 10.0. The van der Waals surface area contributed by atoms with Gasteiger partial charge in [-0.25, -0.2) is 4.79 Å². The molecule has 4 unspecified atom stereocenters.